The van der Waals surface area contributed by atoms with Gasteiger partial charge in [-0.05, 0) is 0 Å². The molecule has 0 N–H and O–H groups in total. The van der Waals surface area contributed by atoms with Crippen LogP contribution in [0, 0.1) is 0 Å². The first-order valence-corrected chi connectivity index (χ1v) is 8.85. The molecule has 1 atom stereocenters. The highest BCUT2D eigenvalue weighted by Gasteiger charge is 2.23. The van der Waals surface area contributed by atoms with Crippen LogP contribution in [0.25, 0.3) is 0 Å². The zero-order valence-corrected chi connectivity index (χ0v) is 15.9. The van der Waals surface area contributed by atoms with Crippen LogP contribution in [0.15, 0.2) is 23.6 Å². The summed E-state index contributed by atoms with van der Waals surface area (Å²) in [7, 11) is 1.63. The summed E-state index contributed by atoms with van der Waals surface area (Å²) in [6.07, 6.45) is 5.31. The van der Waals surface area contributed by atoms with E-state index in [1.54, 1.807) is 19.6 Å². The predicted molar refractivity (Wildman–Crippen MR) is 95.2 cm³/mol. The molecule has 0 bridgehead atoms. The Labute approximate surface area is 157 Å². The van der Waals surface area contributed by atoms with Gasteiger partial charge in [-0.25, -0.2) is 4.98 Å². The van der Waals surface area contributed by atoms with Gasteiger partial charge in [0.15, 0.2) is 0 Å². The Morgan fingerprint density at radius 3 is 2.18 bits per heavy atom. The Hall–Kier alpha value is 0.190. The number of benzene rings is 1. The fourth-order valence-corrected chi connectivity index (χ4v) is 4.51. The third-order valence-corrected chi connectivity index (χ3v) is 6.54. The quantitative estimate of drug-likeness (QED) is 0.328. The van der Waals surface area contributed by atoms with Gasteiger partial charge in [-0.15, -0.1) is 11.8 Å². The lowest BCUT2D eigenvalue weighted by molar-refractivity contribution is 0.195. The van der Waals surface area contributed by atoms with Crippen LogP contribution >= 0.6 is 69.8 Å². The van der Waals surface area contributed by atoms with E-state index in [0.717, 1.165) is 0 Å². The van der Waals surface area contributed by atoms with Gasteiger partial charge in [0.05, 0.1) is 43.3 Å². The molecular formula is C13H11Cl5N2OS. The maximum absolute atomic E-state index is 6.26. The van der Waals surface area contributed by atoms with Crippen LogP contribution in [0.5, 0.6) is 0 Å². The van der Waals surface area contributed by atoms with E-state index in [-0.39, 0.29) is 30.4 Å². The molecule has 0 aliphatic heterocycles. The van der Waals surface area contributed by atoms with E-state index in [0.29, 0.717) is 18.0 Å². The lowest BCUT2D eigenvalue weighted by atomic mass is 10.3. The van der Waals surface area contributed by atoms with Crippen molar-refractivity contribution in [3.8, 4) is 0 Å². The summed E-state index contributed by atoms with van der Waals surface area (Å²) < 4.78 is 7.20. The normalized spacial score (nSPS) is 12.6. The first-order chi connectivity index (χ1) is 10.5. The van der Waals surface area contributed by atoms with Gasteiger partial charge in [0.25, 0.3) is 0 Å². The molecule has 9 heteroatoms. The van der Waals surface area contributed by atoms with Crippen LogP contribution in [0.3, 0.4) is 0 Å². The average Bonchev–Trinajstić information content (AvgIpc) is 3.00. The summed E-state index contributed by atoms with van der Waals surface area (Å²) in [5, 5.41) is 1.16. The zero-order chi connectivity index (χ0) is 16.3. The number of methoxy groups -OCH3 is 1. The first kappa shape index (κ1) is 18.5. The summed E-state index contributed by atoms with van der Waals surface area (Å²) >= 11 is 32.1. The summed E-state index contributed by atoms with van der Waals surface area (Å²) in [5.74, 6) is 0. The molecule has 2 aromatic rings. The molecule has 0 amide bonds. The van der Waals surface area contributed by atoms with Crippen molar-refractivity contribution in [3.63, 3.8) is 0 Å². The van der Waals surface area contributed by atoms with Crippen molar-refractivity contribution in [2.24, 2.45) is 0 Å². The summed E-state index contributed by atoms with van der Waals surface area (Å²) in [6.45, 7) is 1.16. The van der Waals surface area contributed by atoms with Gasteiger partial charge in [0.1, 0.15) is 0 Å². The van der Waals surface area contributed by atoms with Crippen LogP contribution in [-0.4, -0.2) is 28.5 Å². The highest BCUT2D eigenvalue weighted by molar-refractivity contribution is 8.00. The van der Waals surface area contributed by atoms with E-state index < -0.39 is 0 Å². The second-order valence-electron chi connectivity index (χ2n) is 4.35. The monoisotopic (exact) mass is 418 g/mol. The number of aromatic nitrogens is 2. The van der Waals surface area contributed by atoms with Gasteiger partial charge in [0, 0.05) is 30.9 Å². The van der Waals surface area contributed by atoms with Crippen LogP contribution in [0.1, 0.15) is 0 Å². The van der Waals surface area contributed by atoms with Crippen LogP contribution in [-0.2, 0) is 11.3 Å². The molecule has 0 fully saturated rings. The number of ether oxygens (including phenoxy) is 1. The third-order valence-electron chi connectivity index (χ3n) is 2.78. The van der Waals surface area contributed by atoms with Crippen molar-refractivity contribution in [3.05, 3.63) is 43.8 Å². The van der Waals surface area contributed by atoms with E-state index >= 15 is 0 Å². The minimum Gasteiger partial charge on any atom is -0.383 e. The lowest BCUT2D eigenvalue weighted by Gasteiger charge is -2.19. The molecule has 1 aromatic heterocycles. The summed E-state index contributed by atoms with van der Waals surface area (Å²) in [4.78, 5) is 4.61. The van der Waals surface area contributed by atoms with Gasteiger partial charge in [-0.3, -0.25) is 0 Å². The zero-order valence-electron chi connectivity index (χ0n) is 11.3. The standard InChI is InChI=1S/C13H11Cl5N2OS/c1-21-5-7(4-20-3-2-19-6-20)22-13-11(17)9(15)8(14)10(16)12(13)18/h2-3,6-7H,4-5H2,1H3. The number of halogens is 5. The molecule has 2 rings (SSSR count). The van der Waals surface area contributed by atoms with Gasteiger partial charge < -0.3 is 9.30 Å². The van der Waals surface area contributed by atoms with Gasteiger partial charge in [-0.2, -0.15) is 0 Å². The highest BCUT2D eigenvalue weighted by atomic mass is 35.5. The Morgan fingerprint density at radius 1 is 1.09 bits per heavy atom. The van der Waals surface area contributed by atoms with E-state index in [1.807, 2.05) is 10.8 Å². The topological polar surface area (TPSA) is 27.1 Å². The number of imidazole rings is 1. The molecule has 120 valence electrons. The molecule has 0 aliphatic carbocycles. The Morgan fingerprint density at radius 2 is 1.68 bits per heavy atom. The molecule has 0 radical (unpaired) electrons. The molecule has 22 heavy (non-hydrogen) atoms. The number of rotatable bonds is 6. The largest absolute Gasteiger partial charge is 0.383 e. The third kappa shape index (κ3) is 4.18. The Balaban J connectivity index is 2.30. The summed E-state index contributed by atoms with van der Waals surface area (Å²) in [6, 6.07) is 0. The van der Waals surface area contributed by atoms with Crippen molar-refractivity contribution < 1.29 is 4.74 Å². The predicted octanol–water partition coefficient (Wildman–Crippen LogP) is 5.96. The van der Waals surface area contributed by atoms with Crippen LogP contribution in [0.4, 0.5) is 0 Å². The van der Waals surface area contributed by atoms with Crippen molar-refractivity contribution in [1.82, 2.24) is 9.55 Å². The van der Waals surface area contributed by atoms with E-state index in [1.165, 1.54) is 11.8 Å². The van der Waals surface area contributed by atoms with Gasteiger partial charge in [0.2, 0.25) is 0 Å². The van der Waals surface area contributed by atoms with Crippen molar-refractivity contribution >= 4 is 69.8 Å². The van der Waals surface area contributed by atoms with Crippen molar-refractivity contribution in [2.45, 2.75) is 16.7 Å². The number of hydrogen-bond donors (Lipinski definition) is 0. The molecule has 0 saturated carbocycles. The molecule has 0 spiro atoms. The minimum atomic E-state index is 0.0440. The fourth-order valence-electron chi connectivity index (χ4n) is 1.79. The SMILES string of the molecule is COCC(Cn1ccnc1)Sc1c(Cl)c(Cl)c(Cl)c(Cl)c1Cl. The van der Waals surface area contributed by atoms with Crippen molar-refractivity contribution in [2.75, 3.05) is 13.7 Å². The molecular weight excluding hydrogens is 409 g/mol. The molecule has 3 nitrogen and oxygen atoms in total. The van der Waals surface area contributed by atoms with Crippen LogP contribution < -0.4 is 0 Å². The Bertz CT molecular complexity index is 621. The number of nitrogens with zero attached hydrogens (tertiary/aromatic N) is 2. The minimum absolute atomic E-state index is 0.0440. The van der Waals surface area contributed by atoms with Gasteiger partial charge in [-0.1, -0.05) is 58.0 Å². The molecule has 1 aromatic carbocycles. The second kappa shape index (κ2) is 8.34. The van der Waals surface area contributed by atoms with E-state index in [9.17, 15) is 0 Å². The maximum Gasteiger partial charge on any atom is 0.0946 e. The smallest absolute Gasteiger partial charge is 0.0946 e. The highest BCUT2D eigenvalue weighted by Crippen LogP contribution is 2.48. The number of thioether (sulfide) groups is 1. The number of hydrogen-bond acceptors (Lipinski definition) is 3. The average molecular weight is 421 g/mol. The second-order valence-corrected chi connectivity index (χ2v) is 7.55. The Kier molecular flexibility index (Phi) is 7.02. The van der Waals surface area contributed by atoms with E-state index in [4.69, 9.17) is 62.7 Å². The lowest BCUT2D eigenvalue weighted by Crippen LogP contribution is -2.17. The first-order valence-electron chi connectivity index (χ1n) is 6.08. The molecule has 1 heterocycles. The van der Waals surface area contributed by atoms with E-state index in [2.05, 4.69) is 4.98 Å². The fraction of sp³-hybridized carbons (Fsp3) is 0.308. The maximum atomic E-state index is 6.26. The van der Waals surface area contributed by atoms with Crippen molar-refractivity contribution in [1.29, 1.82) is 0 Å². The molecule has 1 unspecified atom stereocenters. The van der Waals surface area contributed by atoms with Crippen LogP contribution in [0.2, 0.25) is 25.1 Å². The molecule has 0 saturated heterocycles. The van der Waals surface area contributed by atoms with Gasteiger partial charge >= 0.3 is 0 Å². The molecule has 0 aliphatic rings. The summed E-state index contributed by atoms with van der Waals surface area (Å²) in [5.41, 5.74) is 0.